The van der Waals surface area contributed by atoms with Gasteiger partial charge in [-0.2, -0.15) is 0 Å². The number of benzene rings is 1. The first kappa shape index (κ1) is 14.4. The van der Waals surface area contributed by atoms with Gasteiger partial charge < -0.3 is 14.2 Å². The summed E-state index contributed by atoms with van der Waals surface area (Å²) in [5, 5.41) is 0.339. The summed E-state index contributed by atoms with van der Waals surface area (Å²) < 4.78 is 16.2. The molecule has 2 heterocycles. The Hall–Kier alpha value is -1.50. The smallest absolute Gasteiger partial charge is 0.275 e. The van der Waals surface area contributed by atoms with Gasteiger partial charge in [0.1, 0.15) is 13.2 Å². The minimum absolute atomic E-state index is 0.339. The van der Waals surface area contributed by atoms with Gasteiger partial charge in [-0.25, -0.2) is 10.3 Å². The standard InChI is InChI=1S/C14H16ClNO5/c15-10-7-9(8-11-13(10)20-6-5-18-11)14(17)16-21-12-3-1-2-4-19-12/h7-8,12H,1-6H2,(H,16,17). The van der Waals surface area contributed by atoms with Crippen molar-refractivity contribution in [2.75, 3.05) is 19.8 Å². The topological polar surface area (TPSA) is 66.0 Å². The summed E-state index contributed by atoms with van der Waals surface area (Å²) in [5.74, 6) is 0.534. The van der Waals surface area contributed by atoms with Crippen LogP contribution in [-0.4, -0.2) is 32.0 Å². The molecule has 114 valence electrons. The zero-order valence-corrected chi connectivity index (χ0v) is 12.1. The lowest BCUT2D eigenvalue weighted by Gasteiger charge is -2.22. The summed E-state index contributed by atoms with van der Waals surface area (Å²) in [4.78, 5) is 17.3. The zero-order chi connectivity index (χ0) is 14.7. The van der Waals surface area contributed by atoms with Crippen molar-refractivity contribution < 1.29 is 23.8 Å². The Labute approximate surface area is 127 Å². The molecule has 6 nitrogen and oxygen atoms in total. The number of fused-ring (bicyclic) bond motifs is 1. The summed E-state index contributed by atoms with van der Waals surface area (Å²) in [6.07, 6.45) is 2.42. The predicted octanol–water partition coefficient (Wildman–Crippen LogP) is 2.30. The maximum Gasteiger partial charge on any atom is 0.275 e. The van der Waals surface area contributed by atoms with Gasteiger partial charge in [-0.05, 0) is 25.0 Å². The van der Waals surface area contributed by atoms with Gasteiger partial charge in [0.2, 0.25) is 0 Å². The average Bonchev–Trinajstić information content (AvgIpc) is 2.53. The molecule has 21 heavy (non-hydrogen) atoms. The average molecular weight is 314 g/mol. The van der Waals surface area contributed by atoms with E-state index in [9.17, 15) is 4.79 Å². The second-order valence-electron chi connectivity index (χ2n) is 4.83. The maximum absolute atomic E-state index is 12.1. The lowest BCUT2D eigenvalue weighted by atomic mass is 10.2. The minimum Gasteiger partial charge on any atom is -0.486 e. The summed E-state index contributed by atoms with van der Waals surface area (Å²) >= 11 is 6.09. The molecule has 0 aromatic heterocycles. The van der Waals surface area contributed by atoms with Crippen molar-refractivity contribution in [3.63, 3.8) is 0 Å². The highest BCUT2D eigenvalue weighted by atomic mass is 35.5. The van der Waals surface area contributed by atoms with E-state index in [2.05, 4.69) is 5.48 Å². The molecular weight excluding hydrogens is 298 g/mol. The Kier molecular flexibility index (Phi) is 4.48. The van der Waals surface area contributed by atoms with Crippen molar-refractivity contribution in [1.82, 2.24) is 5.48 Å². The minimum atomic E-state index is -0.400. The number of amides is 1. The van der Waals surface area contributed by atoms with Crippen LogP contribution in [0, 0.1) is 0 Å². The van der Waals surface area contributed by atoms with Crippen LogP contribution < -0.4 is 15.0 Å². The van der Waals surface area contributed by atoms with Gasteiger partial charge in [-0.3, -0.25) is 4.79 Å². The summed E-state index contributed by atoms with van der Waals surface area (Å²) in [6.45, 7) is 1.53. The summed E-state index contributed by atoms with van der Waals surface area (Å²) in [6, 6.07) is 3.11. The van der Waals surface area contributed by atoms with E-state index < -0.39 is 12.2 Å². The second-order valence-corrected chi connectivity index (χ2v) is 5.23. The monoisotopic (exact) mass is 313 g/mol. The van der Waals surface area contributed by atoms with Gasteiger partial charge in [-0.1, -0.05) is 11.6 Å². The number of hydrogen-bond donors (Lipinski definition) is 1. The molecule has 1 N–H and O–H groups in total. The fourth-order valence-electron chi connectivity index (χ4n) is 2.22. The van der Waals surface area contributed by atoms with Crippen molar-refractivity contribution in [2.45, 2.75) is 25.6 Å². The molecule has 3 rings (SSSR count). The number of carbonyl (C=O) groups excluding carboxylic acids is 1. The molecule has 2 aliphatic heterocycles. The SMILES string of the molecule is O=C(NOC1CCCCO1)c1cc(Cl)c2c(c1)OCCO2. The van der Waals surface area contributed by atoms with E-state index in [1.807, 2.05) is 0 Å². The third kappa shape index (κ3) is 3.40. The molecule has 0 aliphatic carbocycles. The molecule has 1 aromatic carbocycles. The van der Waals surface area contributed by atoms with Gasteiger partial charge in [0, 0.05) is 18.6 Å². The van der Waals surface area contributed by atoms with Gasteiger partial charge in [0.25, 0.3) is 5.91 Å². The molecule has 1 amide bonds. The number of hydroxylamine groups is 1. The van der Waals surface area contributed by atoms with Crippen molar-refractivity contribution in [3.05, 3.63) is 22.7 Å². The largest absolute Gasteiger partial charge is 0.486 e. The van der Waals surface area contributed by atoms with Crippen molar-refractivity contribution in [1.29, 1.82) is 0 Å². The van der Waals surface area contributed by atoms with Gasteiger partial charge in [0.15, 0.2) is 17.8 Å². The quantitative estimate of drug-likeness (QED) is 0.867. The van der Waals surface area contributed by atoms with Crippen LogP contribution in [0.5, 0.6) is 11.5 Å². The number of halogens is 1. The van der Waals surface area contributed by atoms with E-state index in [1.165, 1.54) is 6.07 Å². The molecule has 2 aliphatic rings. The first-order valence-electron chi connectivity index (χ1n) is 6.91. The van der Waals surface area contributed by atoms with E-state index in [1.54, 1.807) is 6.07 Å². The first-order valence-corrected chi connectivity index (χ1v) is 7.28. The lowest BCUT2D eigenvalue weighted by molar-refractivity contribution is -0.186. The van der Waals surface area contributed by atoms with E-state index >= 15 is 0 Å². The third-order valence-electron chi connectivity index (χ3n) is 3.28. The van der Waals surface area contributed by atoms with E-state index in [0.29, 0.717) is 41.9 Å². The van der Waals surface area contributed by atoms with Crippen molar-refractivity contribution >= 4 is 17.5 Å². The molecular formula is C14H16ClNO5. The van der Waals surface area contributed by atoms with Crippen LogP contribution in [-0.2, 0) is 9.57 Å². The Morgan fingerprint density at radius 3 is 2.90 bits per heavy atom. The second kappa shape index (κ2) is 6.51. The van der Waals surface area contributed by atoms with Crippen molar-refractivity contribution in [2.24, 2.45) is 0 Å². The van der Waals surface area contributed by atoms with Crippen molar-refractivity contribution in [3.8, 4) is 11.5 Å². The molecule has 0 spiro atoms. The van der Waals surface area contributed by atoms with Crippen LogP contribution >= 0.6 is 11.6 Å². The third-order valence-corrected chi connectivity index (χ3v) is 3.56. The fourth-order valence-corrected chi connectivity index (χ4v) is 2.49. The predicted molar refractivity (Wildman–Crippen MR) is 74.6 cm³/mol. The first-order chi connectivity index (χ1) is 10.2. The Bertz CT molecular complexity index is 530. The van der Waals surface area contributed by atoms with E-state index in [4.69, 9.17) is 30.6 Å². The lowest BCUT2D eigenvalue weighted by Crippen LogP contribution is -2.33. The molecule has 1 atom stereocenters. The number of carbonyl (C=O) groups is 1. The summed E-state index contributed by atoms with van der Waals surface area (Å²) in [5.41, 5.74) is 2.73. The molecule has 1 unspecified atom stereocenters. The Morgan fingerprint density at radius 1 is 1.24 bits per heavy atom. The number of rotatable bonds is 3. The van der Waals surface area contributed by atoms with E-state index in [-0.39, 0.29) is 0 Å². The van der Waals surface area contributed by atoms with Crippen LogP contribution in [0.25, 0.3) is 0 Å². The maximum atomic E-state index is 12.1. The number of ether oxygens (including phenoxy) is 3. The molecule has 1 saturated heterocycles. The van der Waals surface area contributed by atoms with Crippen LogP contribution in [0.15, 0.2) is 12.1 Å². The summed E-state index contributed by atoms with van der Waals surface area (Å²) in [7, 11) is 0. The fraction of sp³-hybridized carbons (Fsp3) is 0.500. The molecule has 0 radical (unpaired) electrons. The highest BCUT2D eigenvalue weighted by molar-refractivity contribution is 6.32. The molecule has 1 fully saturated rings. The Balaban J connectivity index is 1.65. The normalized spacial score (nSPS) is 20.9. The molecule has 0 saturated carbocycles. The number of nitrogens with one attached hydrogen (secondary N) is 1. The molecule has 1 aromatic rings. The van der Waals surface area contributed by atoms with Crippen LogP contribution in [0.2, 0.25) is 5.02 Å². The number of hydrogen-bond acceptors (Lipinski definition) is 5. The molecule has 0 bridgehead atoms. The van der Waals surface area contributed by atoms with Crippen LogP contribution in [0.4, 0.5) is 0 Å². The molecule has 7 heteroatoms. The van der Waals surface area contributed by atoms with Gasteiger partial charge >= 0.3 is 0 Å². The van der Waals surface area contributed by atoms with Gasteiger partial charge in [-0.15, -0.1) is 0 Å². The van der Waals surface area contributed by atoms with E-state index in [0.717, 1.165) is 19.3 Å². The van der Waals surface area contributed by atoms with Crippen LogP contribution in [0.3, 0.4) is 0 Å². The highest BCUT2D eigenvalue weighted by Crippen LogP contribution is 2.38. The highest BCUT2D eigenvalue weighted by Gasteiger charge is 2.21. The Morgan fingerprint density at radius 2 is 2.10 bits per heavy atom. The zero-order valence-electron chi connectivity index (χ0n) is 11.4. The van der Waals surface area contributed by atoms with Gasteiger partial charge in [0.05, 0.1) is 5.02 Å². The van der Waals surface area contributed by atoms with Crippen LogP contribution in [0.1, 0.15) is 29.6 Å².